The van der Waals surface area contributed by atoms with Crippen LogP contribution in [-0.4, -0.2) is 58.9 Å². The first-order chi connectivity index (χ1) is 12.3. The number of ether oxygens (including phenoxy) is 1. The van der Waals surface area contributed by atoms with Gasteiger partial charge in [0.2, 0.25) is 17.8 Å². The molecule has 0 aliphatic carbocycles. The number of hydrogen-bond acceptors (Lipinski definition) is 8. The van der Waals surface area contributed by atoms with Crippen LogP contribution in [0.25, 0.3) is 0 Å². The first-order valence-electron chi connectivity index (χ1n) is 8.58. The number of rotatable bonds is 5. The van der Waals surface area contributed by atoms with Crippen molar-refractivity contribution in [3.8, 4) is 0 Å². The molecule has 140 valence electrons. The van der Waals surface area contributed by atoms with Crippen LogP contribution in [0.3, 0.4) is 0 Å². The van der Waals surface area contributed by atoms with Gasteiger partial charge in [0.15, 0.2) is 0 Å². The summed E-state index contributed by atoms with van der Waals surface area (Å²) in [6, 6.07) is -0.550. The molecule has 2 N–H and O–H groups in total. The van der Waals surface area contributed by atoms with Crippen LogP contribution in [0.1, 0.15) is 31.9 Å². The summed E-state index contributed by atoms with van der Waals surface area (Å²) < 4.78 is 4.89. The van der Waals surface area contributed by atoms with E-state index in [1.165, 1.54) is 14.2 Å². The second kappa shape index (κ2) is 6.64. The molecule has 26 heavy (non-hydrogen) atoms. The molecule has 0 bridgehead atoms. The van der Waals surface area contributed by atoms with Crippen LogP contribution in [0.5, 0.6) is 0 Å². The molecule has 3 heterocycles. The average molecular weight is 361 g/mol. The van der Waals surface area contributed by atoms with E-state index in [0.29, 0.717) is 11.5 Å². The van der Waals surface area contributed by atoms with Gasteiger partial charge in [-0.2, -0.15) is 0 Å². The van der Waals surface area contributed by atoms with E-state index in [-0.39, 0.29) is 11.8 Å². The minimum Gasteiger partial charge on any atom is -0.468 e. The Kier molecular flexibility index (Phi) is 4.66. The molecule has 2 fully saturated rings. The zero-order chi connectivity index (χ0) is 19.1. The van der Waals surface area contributed by atoms with Crippen molar-refractivity contribution in [3.05, 3.63) is 18.0 Å². The molecular formula is C17H23N5O4. The summed E-state index contributed by atoms with van der Waals surface area (Å²) in [5, 5.41) is 6.22. The van der Waals surface area contributed by atoms with Crippen LogP contribution >= 0.6 is 0 Å². The van der Waals surface area contributed by atoms with Gasteiger partial charge in [-0.15, -0.1) is 0 Å². The molecule has 1 aromatic heterocycles. The van der Waals surface area contributed by atoms with Crippen molar-refractivity contribution in [2.45, 2.75) is 31.8 Å². The summed E-state index contributed by atoms with van der Waals surface area (Å²) in [5.41, 5.74) is -0.646. The van der Waals surface area contributed by atoms with Gasteiger partial charge in [-0.1, -0.05) is 6.92 Å². The zero-order valence-electron chi connectivity index (χ0n) is 15.3. The number of esters is 1. The monoisotopic (exact) mass is 361 g/mol. The summed E-state index contributed by atoms with van der Waals surface area (Å²) in [7, 11) is 2.70. The quantitative estimate of drug-likeness (QED) is 0.561. The van der Waals surface area contributed by atoms with E-state index in [1.807, 2.05) is 6.92 Å². The first-order valence-corrected chi connectivity index (χ1v) is 8.58. The van der Waals surface area contributed by atoms with Crippen molar-refractivity contribution in [2.75, 3.05) is 26.0 Å². The summed E-state index contributed by atoms with van der Waals surface area (Å²) in [4.78, 5) is 47.2. The topological polar surface area (TPSA) is 114 Å². The van der Waals surface area contributed by atoms with E-state index in [0.717, 1.165) is 17.9 Å². The normalized spacial score (nSPS) is 30.5. The third-order valence-corrected chi connectivity index (χ3v) is 5.18. The molecule has 2 saturated heterocycles. The number of amides is 2. The van der Waals surface area contributed by atoms with Crippen LogP contribution in [-0.2, 0) is 19.1 Å². The van der Waals surface area contributed by atoms with Crippen LogP contribution in [0.2, 0.25) is 0 Å². The number of anilines is 1. The largest absolute Gasteiger partial charge is 0.468 e. The molecule has 0 aromatic carbocycles. The Labute approximate surface area is 151 Å². The van der Waals surface area contributed by atoms with E-state index in [4.69, 9.17) is 4.74 Å². The van der Waals surface area contributed by atoms with Gasteiger partial charge >= 0.3 is 5.97 Å². The number of nitrogens with zero attached hydrogens (tertiary/aromatic N) is 3. The third-order valence-electron chi connectivity index (χ3n) is 5.18. The fourth-order valence-electron chi connectivity index (χ4n) is 3.80. The highest BCUT2D eigenvalue weighted by Crippen LogP contribution is 2.48. The smallest absolute Gasteiger partial charge is 0.326 e. The SMILES string of the molecule is CCCNc1ncc([C@@H]2N[C@](C)(C(=O)OC)[C@@H]3C(=O)N(C)C(=O)[C@@H]32)cn1. The minimum atomic E-state index is -1.29. The van der Waals surface area contributed by atoms with Crippen molar-refractivity contribution in [1.29, 1.82) is 0 Å². The Morgan fingerprint density at radius 2 is 2.00 bits per heavy atom. The van der Waals surface area contributed by atoms with Crippen molar-refractivity contribution < 1.29 is 19.1 Å². The number of fused-ring (bicyclic) bond motifs is 1. The summed E-state index contributed by atoms with van der Waals surface area (Å²) >= 11 is 0. The molecule has 0 radical (unpaired) electrons. The lowest BCUT2D eigenvalue weighted by Crippen LogP contribution is -2.53. The van der Waals surface area contributed by atoms with E-state index in [9.17, 15) is 14.4 Å². The molecule has 2 aliphatic rings. The molecular weight excluding hydrogens is 338 g/mol. The van der Waals surface area contributed by atoms with Crippen LogP contribution in [0.4, 0.5) is 5.95 Å². The van der Waals surface area contributed by atoms with Crippen LogP contribution < -0.4 is 10.6 Å². The average Bonchev–Trinajstić information content (AvgIpc) is 3.09. The standard InChI is InChI=1S/C17H23N5O4/c1-5-6-18-16-19-7-9(8-20-16)12-10-11(14(24)22(3)13(10)23)17(2,21-12)15(25)26-4/h7-8,10-12,21H,5-6H2,1-4H3,(H,18,19,20)/t10-,11-,12-,17-/m0/s1. The number of imide groups is 1. The molecule has 2 aliphatic heterocycles. The Balaban J connectivity index is 1.96. The van der Waals surface area contributed by atoms with E-state index >= 15 is 0 Å². The molecule has 2 amide bonds. The maximum absolute atomic E-state index is 12.6. The first kappa shape index (κ1) is 18.2. The lowest BCUT2D eigenvalue weighted by Gasteiger charge is -2.27. The van der Waals surface area contributed by atoms with E-state index in [1.54, 1.807) is 19.3 Å². The maximum atomic E-state index is 12.6. The fraction of sp³-hybridized carbons (Fsp3) is 0.588. The summed E-state index contributed by atoms with van der Waals surface area (Å²) in [6.45, 7) is 4.39. The van der Waals surface area contributed by atoms with Crippen LogP contribution in [0.15, 0.2) is 12.4 Å². The molecule has 0 unspecified atom stereocenters. The molecule has 0 saturated carbocycles. The lowest BCUT2D eigenvalue weighted by molar-refractivity contribution is -0.152. The highest BCUT2D eigenvalue weighted by molar-refractivity contribution is 6.09. The van der Waals surface area contributed by atoms with Gasteiger partial charge in [-0.3, -0.25) is 24.6 Å². The Morgan fingerprint density at radius 3 is 2.58 bits per heavy atom. The highest BCUT2D eigenvalue weighted by Gasteiger charge is 2.66. The number of hydrogen-bond donors (Lipinski definition) is 2. The van der Waals surface area contributed by atoms with Gasteiger partial charge in [0.05, 0.1) is 18.9 Å². The number of carbonyl (C=O) groups excluding carboxylic acids is 3. The lowest BCUT2D eigenvalue weighted by atomic mass is 9.80. The Hall–Kier alpha value is -2.55. The molecule has 9 nitrogen and oxygen atoms in total. The minimum absolute atomic E-state index is 0.321. The molecule has 4 atom stereocenters. The van der Waals surface area contributed by atoms with E-state index < -0.39 is 29.4 Å². The van der Waals surface area contributed by atoms with Gasteiger partial charge < -0.3 is 10.1 Å². The predicted octanol–water partition coefficient (Wildman–Crippen LogP) is 0.106. The predicted molar refractivity (Wildman–Crippen MR) is 91.9 cm³/mol. The van der Waals surface area contributed by atoms with Gasteiger partial charge in [0.25, 0.3) is 0 Å². The second-order valence-corrected chi connectivity index (χ2v) is 6.82. The molecule has 3 rings (SSSR count). The highest BCUT2D eigenvalue weighted by atomic mass is 16.5. The second-order valence-electron chi connectivity index (χ2n) is 6.82. The van der Waals surface area contributed by atoms with E-state index in [2.05, 4.69) is 20.6 Å². The maximum Gasteiger partial charge on any atom is 0.326 e. The van der Waals surface area contributed by atoms with Gasteiger partial charge in [-0.05, 0) is 13.3 Å². The number of methoxy groups -OCH3 is 1. The van der Waals surface area contributed by atoms with Gasteiger partial charge in [-0.25, -0.2) is 9.97 Å². The van der Waals surface area contributed by atoms with Crippen molar-refractivity contribution in [1.82, 2.24) is 20.2 Å². The summed E-state index contributed by atoms with van der Waals surface area (Å²) in [6.07, 6.45) is 4.16. The Bertz CT molecular complexity index is 737. The molecule has 1 aromatic rings. The number of likely N-dealkylation sites (tertiary alicyclic amines) is 1. The number of carbonyl (C=O) groups is 3. The van der Waals surface area contributed by atoms with Gasteiger partial charge in [0, 0.05) is 37.6 Å². The third kappa shape index (κ3) is 2.63. The van der Waals surface area contributed by atoms with Crippen molar-refractivity contribution in [2.24, 2.45) is 11.8 Å². The van der Waals surface area contributed by atoms with Crippen molar-refractivity contribution in [3.63, 3.8) is 0 Å². The number of nitrogens with one attached hydrogen (secondary N) is 2. The molecule has 0 spiro atoms. The van der Waals surface area contributed by atoms with Crippen LogP contribution in [0, 0.1) is 11.8 Å². The summed E-state index contributed by atoms with van der Waals surface area (Å²) in [5.74, 6) is -2.31. The van der Waals surface area contributed by atoms with Crippen molar-refractivity contribution >= 4 is 23.7 Å². The fourth-order valence-corrected chi connectivity index (χ4v) is 3.80. The zero-order valence-corrected chi connectivity index (χ0v) is 15.3. The van der Waals surface area contributed by atoms with Gasteiger partial charge in [0.1, 0.15) is 5.54 Å². The Morgan fingerprint density at radius 1 is 1.35 bits per heavy atom. The number of aromatic nitrogens is 2. The molecule has 9 heteroatoms.